The third kappa shape index (κ3) is 7.39. The number of ether oxygens (including phenoxy) is 2. The second-order valence-electron chi connectivity index (χ2n) is 8.63. The van der Waals surface area contributed by atoms with Crippen LogP contribution in [0.2, 0.25) is 0 Å². The highest BCUT2D eigenvalue weighted by molar-refractivity contribution is 5.92. The van der Waals surface area contributed by atoms with Crippen LogP contribution in [0, 0.1) is 0 Å². The summed E-state index contributed by atoms with van der Waals surface area (Å²) >= 11 is 0. The summed E-state index contributed by atoms with van der Waals surface area (Å²) in [5, 5.41) is 11.1. The molecule has 1 aliphatic rings. The van der Waals surface area contributed by atoms with Gasteiger partial charge in [-0.05, 0) is 67.9 Å². The lowest BCUT2D eigenvalue weighted by Gasteiger charge is -2.25. The van der Waals surface area contributed by atoms with Gasteiger partial charge < -0.3 is 30.7 Å². The first-order valence-corrected chi connectivity index (χ1v) is 12.2. The number of anilines is 1. The Kier molecular flexibility index (Phi) is 9.04. The van der Waals surface area contributed by atoms with E-state index in [4.69, 9.17) is 9.47 Å². The van der Waals surface area contributed by atoms with Gasteiger partial charge in [0.1, 0.15) is 29.0 Å². The Morgan fingerprint density at radius 2 is 1.82 bits per heavy atom. The van der Waals surface area contributed by atoms with Crippen LogP contribution in [0.5, 0.6) is 17.2 Å². The second kappa shape index (κ2) is 12.8. The average molecular weight is 526 g/mol. The van der Waals surface area contributed by atoms with Crippen LogP contribution in [-0.4, -0.2) is 43.2 Å². The molecular formula is C27H29F2N5O4. The van der Waals surface area contributed by atoms with Crippen LogP contribution in [0.25, 0.3) is 0 Å². The average Bonchev–Trinajstić information content (AvgIpc) is 2.94. The minimum atomic E-state index is -2.67. The van der Waals surface area contributed by atoms with Crippen molar-refractivity contribution in [3.05, 3.63) is 77.6 Å². The molecule has 4 rings (SSSR count). The third-order valence-electron chi connectivity index (χ3n) is 5.89. The fraction of sp³-hybridized carbons (Fsp3) is 0.296. The largest absolute Gasteiger partial charge is 0.488 e. The molecule has 1 aromatic heterocycles. The Morgan fingerprint density at radius 3 is 2.53 bits per heavy atom. The zero-order valence-corrected chi connectivity index (χ0v) is 20.8. The zero-order chi connectivity index (χ0) is 26.9. The molecule has 2 heterocycles. The van der Waals surface area contributed by atoms with Crippen LogP contribution >= 0.6 is 0 Å². The Bertz CT molecular complexity index is 1250. The Balaban J connectivity index is 1.34. The molecule has 1 fully saturated rings. The second-order valence-corrected chi connectivity index (χ2v) is 8.63. The number of carbonyl (C=O) groups is 2. The normalized spacial score (nSPS) is 13.6. The molecule has 200 valence electrons. The van der Waals surface area contributed by atoms with Gasteiger partial charge >= 0.3 is 6.03 Å². The first-order chi connectivity index (χ1) is 18.4. The monoisotopic (exact) mass is 525 g/mol. The van der Waals surface area contributed by atoms with Crippen molar-refractivity contribution in [2.45, 2.75) is 31.9 Å². The number of alkyl halides is 2. The van der Waals surface area contributed by atoms with Gasteiger partial charge in [-0.2, -0.15) is 0 Å². The van der Waals surface area contributed by atoms with E-state index in [1.165, 1.54) is 37.5 Å². The highest BCUT2D eigenvalue weighted by atomic mass is 19.3. The molecule has 0 aliphatic carbocycles. The number of amides is 3. The molecule has 4 N–H and O–H groups in total. The topological polar surface area (TPSA) is 114 Å². The van der Waals surface area contributed by atoms with E-state index in [-0.39, 0.29) is 35.5 Å². The van der Waals surface area contributed by atoms with Gasteiger partial charge in [-0.25, -0.2) is 13.6 Å². The van der Waals surface area contributed by atoms with E-state index < -0.39 is 12.5 Å². The van der Waals surface area contributed by atoms with Gasteiger partial charge in [0.2, 0.25) is 0 Å². The van der Waals surface area contributed by atoms with Crippen LogP contribution in [0.15, 0.2) is 60.8 Å². The molecule has 0 spiro atoms. The Morgan fingerprint density at radius 1 is 1.05 bits per heavy atom. The van der Waals surface area contributed by atoms with Crippen LogP contribution in [0.1, 0.15) is 40.9 Å². The summed E-state index contributed by atoms with van der Waals surface area (Å²) in [5.74, 6) is 1.03. The number of hydrogen-bond acceptors (Lipinski definition) is 6. The Hall–Kier alpha value is -4.25. The van der Waals surface area contributed by atoms with E-state index >= 15 is 0 Å². The number of rotatable bonds is 9. The zero-order valence-electron chi connectivity index (χ0n) is 20.8. The van der Waals surface area contributed by atoms with Crippen LogP contribution in [0.4, 0.5) is 19.3 Å². The van der Waals surface area contributed by atoms with Gasteiger partial charge in [0.25, 0.3) is 12.3 Å². The molecule has 0 unspecified atom stereocenters. The molecule has 0 bridgehead atoms. The molecule has 11 heteroatoms. The van der Waals surface area contributed by atoms with Gasteiger partial charge in [0.05, 0.1) is 5.69 Å². The number of nitrogens with one attached hydrogen (secondary N) is 4. The summed E-state index contributed by atoms with van der Waals surface area (Å²) in [6, 6.07) is 13.6. The summed E-state index contributed by atoms with van der Waals surface area (Å²) in [5.41, 5.74) is 1.02. The molecule has 9 nitrogen and oxygen atoms in total. The smallest absolute Gasteiger partial charge is 0.319 e. The molecule has 0 radical (unpaired) electrons. The van der Waals surface area contributed by atoms with Crippen molar-refractivity contribution < 1.29 is 27.8 Å². The van der Waals surface area contributed by atoms with Gasteiger partial charge in [0, 0.05) is 31.4 Å². The van der Waals surface area contributed by atoms with Gasteiger partial charge in [0.15, 0.2) is 0 Å². The minimum Gasteiger partial charge on any atom is -0.488 e. The molecule has 0 saturated carbocycles. The minimum absolute atomic E-state index is 0.0551. The van der Waals surface area contributed by atoms with E-state index in [1.54, 1.807) is 30.3 Å². The van der Waals surface area contributed by atoms with Gasteiger partial charge in [-0.3, -0.25) is 9.78 Å². The lowest BCUT2D eigenvalue weighted by atomic mass is 10.1. The maximum Gasteiger partial charge on any atom is 0.319 e. The van der Waals surface area contributed by atoms with Crippen molar-refractivity contribution >= 4 is 17.6 Å². The molecule has 3 aromatic rings. The number of benzene rings is 2. The molecule has 1 aliphatic heterocycles. The fourth-order valence-electron chi connectivity index (χ4n) is 3.86. The van der Waals surface area contributed by atoms with Crippen molar-refractivity contribution in [3.63, 3.8) is 0 Å². The summed E-state index contributed by atoms with van der Waals surface area (Å²) in [7, 11) is 1.52. The lowest BCUT2D eigenvalue weighted by Crippen LogP contribution is -2.34. The van der Waals surface area contributed by atoms with Crippen LogP contribution in [0.3, 0.4) is 0 Å². The molecular weight excluding hydrogens is 496 g/mol. The first kappa shape index (κ1) is 26.8. The van der Waals surface area contributed by atoms with E-state index in [0.717, 1.165) is 31.5 Å². The van der Waals surface area contributed by atoms with Crippen molar-refractivity contribution in [3.8, 4) is 17.2 Å². The molecule has 2 aromatic carbocycles. The van der Waals surface area contributed by atoms with Gasteiger partial charge in [-0.1, -0.05) is 12.1 Å². The maximum absolute atomic E-state index is 13.3. The number of nitrogens with zero attached hydrogens (tertiary/aromatic N) is 1. The highest BCUT2D eigenvalue weighted by Gasteiger charge is 2.19. The van der Waals surface area contributed by atoms with E-state index in [9.17, 15) is 18.4 Å². The Labute approximate surface area is 218 Å². The summed E-state index contributed by atoms with van der Waals surface area (Å²) in [6.45, 7) is 1.82. The predicted molar refractivity (Wildman–Crippen MR) is 138 cm³/mol. The lowest BCUT2D eigenvalue weighted by molar-refractivity contribution is 0.0957. The molecule has 38 heavy (non-hydrogen) atoms. The summed E-state index contributed by atoms with van der Waals surface area (Å²) in [6.07, 6.45) is 0.336. The third-order valence-corrected chi connectivity index (χ3v) is 5.89. The summed E-state index contributed by atoms with van der Waals surface area (Å²) < 4.78 is 38.3. The number of piperidine rings is 1. The number of aromatic nitrogens is 1. The standard InChI is InChI=1S/C27H29F2N5O4/c1-30-26(35)23-15-21(10-13-32-23)37-19-5-2-17(3-6-19)16-33-27(36)34-22-14-18(25(28)29)4-7-24(22)38-20-8-11-31-12-9-20/h2-7,10,13-15,20,25,31H,8-9,11-12,16H2,1H3,(H,30,35)(H2,33,34,36). The number of urea groups is 1. The van der Waals surface area contributed by atoms with Crippen molar-refractivity contribution in [1.29, 1.82) is 0 Å². The molecule has 0 atom stereocenters. The SMILES string of the molecule is CNC(=O)c1cc(Oc2ccc(CNC(=O)Nc3cc(C(F)F)ccc3OC3CCNCC3)cc2)ccn1. The molecule has 3 amide bonds. The van der Waals surface area contributed by atoms with Crippen molar-refractivity contribution in [2.24, 2.45) is 0 Å². The number of carbonyl (C=O) groups excluding carboxylic acids is 2. The summed E-state index contributed by atoms with van der Waals surface area (Å²) in [4.78, 5) is 28.3. The number of halogens is 2. The maximum atomic E-state index is 13.3. The van der Waals surface area contributed by atoms with Crippen LogP contribution in [-0.2, 0) is 6.54 Å². The van der Waals surface area contributed by atoms with Gasteiger partial charge in [-0.15, -0.1) is 0 Å². The van der Waals surface area contributed by atoms with E-state index in [2.05, 4.69) is 26.3 Å². The van der Waals surface area contributed by atoms with Crippen LogP contribution < -0.4 is 30.7 Å². The highest BCUT2D eigenvalue weighted by Crippen LogP contribution is 2.32. The number of hydrogen-bond donors (Lipinski definition) is 4. The predicted octanol–water partition coefficient (Wildman–Crippen LogP) is 4.62. The molecule has 1 saturated heterocycles. The quantitative estimate of drug-likeness (QED) is 0.324. The fourth-order valence-corrected chi connectivity index (χ4v) is 3.86. The van der Waals surface area contributed by atoms with Crippen molar-refractivity contribution in [1.82, 2.24) is 20.9 Å². The van der Waals surface area contributed by atoms with E-state index in [0.29, 0.717) is 17.2 Å². The van der Waals surface area contributed by atoms with Crippen molar-refractivity contribution in [2.75, 3.05) is 25.5 Å². The number of pyridine rings is 1. The first-order valence-electron chi connectivity index (χ1n) is 12.2. The van der Waals surface area contributed by atoms with E-state index in [1.807, 2.05) is 0 Å².